The first-order valence-electron chi connectivity index (χ1n) is 10.8. The zero-order valence-corrected chi connectivity index (χ0v) is 18.2. The molecule has 2 aliphatic heterocycles. The molecule has 0 bridgehead atoms. The highest BCUT2D eigenvalue weighted by atomic mass is 19.2. The number of halogens is 2. The first kappa shape index (κ1) is 22.2. The standard InChI is InChI=1S/C24H27F2N3O3/c1-24(17-9-12-19(25)20(26)14-17)22(30)29(23(31)27-24)15-28-13-5-3-4-6-21(28)16-7-10-18(32-2)11-8-16/h7-12,14,21H,3-6,13,15H2,1-2H3,(H,27,31)/t21-,24-/m1/s1. The van der Waals surface area contributed by atoms with Gasteiger partial charge in [0.1, 0.15) is 11.3 Å². The van der Waals surface area contributed by atoms with Crippen LogP contribution in [0.15, 0.2) is 42.5 Å². The number of rotatable bonds is 5. The molecule has 170 valence electrons. The molecule has 0 saturated carbocycles. The lowest BCUT2D eigenvalue weighted by atomic mass is 9.92. The van der Waals surface area contributed by atoms with E-state index >= 15 is 0 Å². The van der Waals surface area contributed by atoms with Crippen LogP contribution in [0.1, 0.15) is 49.8 Å². The molecule has 8 heteroatoms. The first-order chi connectivity index (χ1) is 15.3. The van der Waals surface area contributed by atoms with E-state index in [-0.39, 0.29) is 18.3 Å². The third-order valence-corrected chi connectivity index (χ3v) is 6.46. The second-order valence-electron chi connectivity index (χ2n) is 8.51. The van der Waals surface area contributed by atoms with Crippen LogP contribution < -0.4 is 10.1 Å². The summed E-state index contributed by atoms with van der Waals surface area (Å²) < 4.78 is 32.4. The molecular formula is C24H27F2N3O3. The van der Waals surface area contributed by atoms with Gasteiger partial charge in [-0.1, -0.05) is 31.0 Å². The SMILES string of the molecule is COc1ccc([C@H]2CCCCCN2CN2C(=O)N[C@](C)(c3ccc(F)c(F)c3)C2=O)cc1. The minimum atomic E-state index is -1.45. The van der Waals surface area contributed by atoms with E-state index in [1.54, 1.807) is 7.11 Å². The summed E-state index contributed by atoms with van der Waals surface area (Å²) in [6, 6.07) is 10.6. The van der Waals surface area contributed by atoms with Gasteiger partial charge in [-0.15, -0.1) is 0 Å². The molecule has 0 radical (unpaired) electrons. The van der Waals surface area contributed by atoms with Gasteiger partial charge < -0.3 is 10.1 Å². The fraction of sp³-hybridized carbons (Fsp3) is 0.417. The van der Waals surface area contributed by atoms with Crippen LogP contribution in [0.5, 0.6) is 5.75 Å². The molecule has 2 aromatic rings. The zero-order chi connectivity index (χ0) is 22.9. The van der Waals surface area contributed by atoms with Crippen molar-refractivity contribution in [3.8, 4) is 5.75 Å². The van der Waals surface area contributed by atoms with Gasteiger partial charge in [-0.2, -0.15) is 0 Å². The van der Waals surface area contributed by atoms with Gasteiger partial charge in [0.2, 0.25) is 0 Å². The highest BCUT2D eigenvalue weighted by Crippen LogP contribution is 2.34. The Hall–Kier alpha value is -3.00. The van der Waals surface area contributed by atoms with E-state index in [1.807, 2.05) is 24.3 Å². The molecule has 2 aromatic carbocycles. The van der Waals surface area contributed by atoms with Crippen LogP contribution in [0.4, 0.5) is 13.6 Å². The highest BCUT2D eigenvalue weighted by molar-refractivity contribution is 6.07. The fourth-order valence-electron chi connectivity index (χ4n) is 4.55. The van der Waals surface area contributed by atoms with Crippen molar-refractivity contribution in [2.24, 2.45) is 0 Å². The summed E-state index contributed by atoms with van der Waals surface area (Å²) in [5.74, 6) is -1.77. The molecule has 6 nitrogen and oxygen atoms in total. The maximum atomic E-state index is 13.8. The number of urea groups is 1. The smallest absolute Gasteiger partial charge is 0.326 e. The molecule has 2 heterocycles. The Labute approximate surface area is 186 Å². The molecule has 2 aliphatic rings. The van der Waals surface area contributed by atoms with Gasteiger partial charge in [0.25, 0.3) is 5.91 Å². The number of carbonyl (C=O) groups is 2. The van der Waals surface area contributed by atoms with Crippen molar-refractivity contribution in [2.45, 2.75) is 44.2 Å². The van der Waals surface area contributed by atoms with E-state index in [9.17, 15) is 18.4 Å². The van der Waals surface area contributed by atoms with Gasteiger partial charge in [0.15, 0.2) is 11.6 Å². The van der Waals surface area contributed by atoms with Gasteiger partial charge in [0.05, 0.1) is 13.8 Å². The van der Waals surface area contributed by atoms with E-state index < -0.39 is 29.1 Å². The number of nitrogens with zero attached hydrogens (tertiary/aromatic N) is 2. The van der Waals surface area contributed by atoms with Crippen LogP contribution in [0.3, 0.4) is 0 Å². The highest BCUT2D eigenvalue weighted by Gasteiger charge is 2.50. The maximum Gasteiger partial charge on any atom is 0.326 e. The number of carbonyl (C=O) groups excluding carboxylic acids is 2. The van der Waals surface area contributed by atoms with E-state index in [1.165, 1.54) is 17.9 Å². The van der Waals surface area contributed by atoms with Crippen LogP contribution >= 0.6 is 0 Å². The molecule has 0 aromatic heterocycles. The first-order valence-corrected chi connectivity index (χ1v) is 10.8. The van der Waals surface area contributed by atoms with E-state index in [4.69, 9.17) is 4.74 Å². The Morgan fingerprint density at radius 1 is 1.06 bits per heavy atom. The summed E-state index contributed by atoms with van der Waals surface area (Å²) in [5, 5.41) is 2.67. The fourth-order valence-corrected chi connectivity index (χ4v) is 4.55. The normalized spacial score (nSPS) is 24.4. The number of nitrogens with one attached hydrogen (secondary N) is 1. The number of hydrogen-bond acceptors (Lipinski definition) is 4. The van der Waals surface area contributed by atoms with Crippen molar-refractivity contribution in [3.05, 3.63) is 65.2 Å². The van der Waals surface area contributed by atoms with E-state index in [0.717, 1.165) is 55.7 Å². The number of amides is 3. The Morgan fingerprint density at radius 2 is 1.81 bits per heavy atom. The summed E-state index contributed by atoms with van der Waals surface area (Å²) >= 11 is 0. The largest absolute Gasteiger partial charge is 0.497 e. The molecule has 1 N–H and O–H groups in total. The van der Waals surface area contributed by atoms with Crippen LogP contribution in [0.2, 0.25) is 0 Å². The lowest BCUT2D eigenvalue weighted by molar-refractivity contribution is -0.132. The number of hydrogen-bond donors (Lipinski definition) is 1. The summed E-state index contributed by atoms with van der Waals surface area (Å²) in [4.78, 5) is 29.4. The number of ether oxygens (including phenoxy) is 1. The van der Waals surface area contributed by atoms with Gasteiger partial charge in [-0.3, -0.25) is 9.69 Å². The molecule has 4 rings (SSSR count). The maximum absolute atomic E-state index is 13.8. The van der Waals surface area contributed by atoms with Crippen molar-refractivity contribution >= 4 is 11.9 Å². The van der Waals surface area contributed by atoms with Gasteiger partial charge in [-0.25, -0.2) is 18.5 Å². The number of likely N-dealkylation sites (tertiary alicyclic amines) is 1. The van der Waals surface area contributed by atoms with Crippen LogP contribution in [0.25, 0.3) is 0 Å². The van der Waals surface area contributed by atoms with Crippen molar-refractivity contribution in [3.63, 3.8) is 0 Å². The van der Waals surface area contributed by atoms with Crippen LogP contribution in [-0.2, 0) is 10.3 Å². The van der Waals surface area contributed by atoms with Gasteiger partial charge >= 0.3 is 6.03 Å². The van der Waals surface area contributed by atoms with Crippen LogP contribution in [0, 0.1) is 11.6 Å². The molecule has 2 atom stereocenters. The summed E-state index contributed by atoms with van der Waals surface area (Å²) in [5.41, 5.74) is -0.143. The Bertz CT molecular complexity index is 1010. The molecule has 2 saturated heterocycles. The molecule has 0 spiro atoms. The van der Waals surface area contributed by atoms with E-state index in [2.05, 4.69) is 10.2 Å². The second-order valence-corrected chi connectivity index (χ2v) is 8.51. The Morgan fingerprint density at radius 3 is 2.50 bits per heavy atom. The summed E-state index contributed by atoms with van der Waals surface area (Å²) in [6.07, 6.45) is 4.02. The number of imide groups is 1. The quantitative estimate of drug-likeness (QED) is 0.700. The van der Waals surface area contributed by atoms with Gasteiger partial charge in [-0.05, 0) is 55.2 Å². The third-order valence-electron chi connectivity index (χ3n) is 6.46. The topological polar surface area (TPSA) is 61.9 Å². The molecule has 0 aliphatic carbocycles. The van der Waals surface area contributed by atoms with Crippen molar-refractivity contribution < 1.29 is 23.1 Å². The van der Waals surface area contributed by atoms with Crippen molar-refractivity contribution in [1.29, 1.82) is 0 Å². The minimum Gasteiger partial charge on any atom is -0.497 e. The van der Waals surface area contributed by atoms with Crippen molar-refractivity contribution in [1.82, 2.24) is 15.1 Å². The van der Waals surface area contributed by atoms with Gasteiger partial charge in [0, 0.05) is 12.6 Å². The third kappa shape index (κ3) is 4.07. The molecule has 3 amide bonds. The summed E-state index contributed by atoms with van der Waals surface area (Å²) in [6.45, 7) is 2.39. The Kier molecular flexibility index (Phi) is 6.15. The van der Waals surface area contributed by atoms with E-state index in [0.29, 0.717) is 0 Å². The zero-order valence-electron chi connectivity index (χ0n) is 18.2. The average molecular weight is 443 g/mol. The Balaban J connectivity index is 1.58. The average Bonchev–Trinajstić information content (AvgIpc) is 2.94. The minimum absolute atomic E-state index is 0.0547. The molecule has 0 unspecified atom stereocenters. The molecule has 2 fully saturated rings. The number of benzene rings is 2. The molecular weight excluding hydrogens is 416 g/mol. The van der Waals surface area contributed by atoms with Crippen LogP contribution in [-0.4, -0.2) is 42.1 Å². The molecule has 32 heavy (non-hydrogen) atoms. The second kappa shape index (κ2) is 8.86. The predicted molar refractivity (Wildman–Crippen MR) is 115 cm³/mol. The summed E-state index contributed by atoms with van der Waals surface area (Å²) in [7, 11) is 1.62. The predicted octanol–water partition coefficient (Wildman–Crippen LogP) is 4.32. The van der Waals surface area contributed by atoms with Crippen molar-refractivity contribution in [2.75, 3.05) is 20.3 Å². The lowest BCUT2D eigenvalue weighted by Crippen LogP contribution is -2.45. The number of methoxy groups -OCH3 is 1. The lowest BCUT2D eigenvalue weighted by Gasteiger charge is -2.33. The monoisotopic (exact) mass is 443 g/mol.